The molecule has 1 aromatic carbocycles. The minimum atomic E-state index is -3.99. The lowest BCUT2D eigenvalue weighted by Gasteiger charge is -2.30. The van der Waals surface area contributed by atoms with Gasteiger partial charge in [-0.1, -0.05) is 13.8 Å². The summed E-state index contributed by atoms with van der Waals surface area (Å²) in [4.78, 5) is 37.5. The maximum atomic E-state index is 12.6. The number of likely N-dealkylation sites (tertiary alicyclic amines) is 1. The first kappa shape index (κ1) is 24.6. The first-order valence-corrected chi connectivity index (χ1v) is 11.4. The standard InChI is InChI=1S/C20H29N3O7S/c1-13(2)18(22-31(27,28)16-6-4-15(29-3)5-7-16)20(26)30-12-17(24)23-10-8-14(9-11-23)19(21)25/h4-7,13-14,18,22H,8-12H2,1-3H3,(H2,21,25). The molecule has 31 heavy (non-hydrogen) atoms. The zero-order valence-corrected chi connectivity index (χ0v) is 18.7. The normalized spacial score (nSPS) is 16.1. The van der Waals surface area contributed by atoms with Crippen LogP contribution in [0.15, 0.2) is 29.2 Å². The lowest BCUT2D eigenvalue weighted by molar-refractivity contribution is -0.154. The average Bonchev–Trinajstić information content (AvgIpc) is 2.75. The molecule has 1 saturated heterocycles. The lowest BCUT2D eigenvalue weighted by Crippen LogP contribution is -2.47. The van der Waals surface area contributed by atoms with Crippen molar-refractivity contribution in [1.29, 1.82) is 0 Å². The van der Waals surface area contributed by atoms with Crippen molar-refractivity contribution < 1.29 is 32.3 Å². The molecule has 1 fully saturated rings. The van der Waals surface area contributed by atoms with E-state index in [0.717, 1.165) is 0 Å². The fourth-order valence-corrected chi connectivity index (χ4v) is 4.51. The van der Waals surface area contributed by atoms with Gasteiger partial charge in [-0.3, -0.25) is 14.4 Å². The van der Waals surface area contributed by atoms with E-state index in [0.29, 0.717) is 31.7 Å². The Bertz CT molecular complexity index is 892. The van der Waals surface area contributed by atoms with Crippen LogP contribution in [0.5, 0.6) is 5.75 Å². The molecule has 0 aliphatic carbocycles. The molecule has 2 amide bonds. The SMILES string of the molecule is COc1ccc(S(=O)(=O)NC(C(=O)OCC(=O)N2CCC(C(N)=O)CC2)C(C)C)cc1. The second-order valence-corrected chi connectivity index (χ2v) is 9.40. The molecule has 1 atom stereocenters. The molecular formula is C20H29N3O7S. The molecule has 1 aliphatic rings. The van der Waals surface area contributed by atoms with Gasteiger partial charge in [-0.05, 0) is 43.0 Å². The molecule has 0 bridgehead atoms. The molecule has 2 rings (SSSR count). The van der Waals surface area contributed by atoms with E-state index in [1.54, 1.807) is 13.8 Å². The van der Waals surface area contributed by atoms with Crippen LogP contribution in [-0.4, -0.2) is 63.9 Å². The van der Waals surface area contributed by atoms with E-state index in [2.05, 4.69) is 4.72 Å². The van der Waals surface area contributed by atoms with Crippen molar-refractivity contribution in [3.8, 4) is 5.75 Å². The van der Waals surface area contributed by atoms with Crippen LogP contribution in [0, 0.1) is 11.8 Å². The number of ether oxygens (including phenoxy) is 2. The van der Waals surface area contributed by atoms with Crippen molar-refractivity contribution in [2.45, 2.75) is 37.6 Å². The second-order valence-electron chi connectivity index (χ2n) is 7.68. The van der Waals surface area contributed by atoms with E-state index in [9.17, 15) is 22.8 Å². The second kappa shape index (κ2) is 10.6. The van der Waals surface area contributed by atoms with Gasteiger partial charge in [0.05, 0.1) is 12.0 Å². The van der Waals surface area contributed by atoms with Crippen molar-refractivity contribution in [2.75, 3.05) is 26.8 Å². The quantitative estimate of drug-likeness (QED) is 0.508. The van der Waals surface area contributed by atoms with Crippen LogP contribution in [0.1, 0.15) is 26.7 Å². The van der Waals surface area contributed by atoms with Crippen molar-refractivity contribution >= 4 is 27.8 Å². The molecule has 10 nitrogen and oxygen atoms in total. The summed E-state index contributed by atoms with van der Waals surface area (Å²) in [6.07, 6.45) is 0.927. The van der Waals surface area contributed by atoms with E-state index >= 15 is 0 Å². The first-order chi connectivity index (χ1) is 14.5. The molecule has 0 spiro atoms. The number of methoxy groups -OCH3 is 1. The summed E-state index contributed by atoms with van der Waals surface area (Å²) < 4.78 is 37.8. The Morgan fingerprint density at radius 3 is 2.23 bits per heavy atom. The van der Waals surface area contributed by atoms with Crippen LogP contribution < -0.4 is 15.2 Å². The number of nitrogens with zero attached hydrogens (tertiary/aromatic N) is 1. The third-order valence-corrected chi connectivity index (χ3v) is 6.62. The van der Waals surface area contributed by atoms with E-state index in [-0.39, 0.29) is 16.7 Å². The highest BCUT2D eigenvalue weighted by Crippen LogP contribution is 2.18. The number of hydrogen-bond acceptors (Lipinski definition) is 7. The molecule has 172 valence electrons. The van der Waals surface area contributed by atoms with Crippen molar-refractivity contribution in [3.05, 3.63) is 24.3 Å². The number of benzene rings is 1. The van der Waals surface area contributed by atoms with E-state index in [4.69, 9.17) is 15.2 Å². The summed E-state index contributed by atoms with van der Waals surface area (Å²) in [5, 5.41) is 0. The first-order valence-electron chi connectivity index (χ1n) is 9.95. The molecule has 0 saturated carbocycles. The molecule has 1 unspecified atom stereocenters. The van der Waals surface area contributed by atoms with Gasteiger partial charge in [0.1, 0.15) is 11.8 Å². The van der Waals surface area contributed by atoms with Gasteiger partial charge in [-0.15, -0.1) is 0 Å². The third kappa shape index (κ3) is 6.66. The fourth-order valence-electron chi connectivity index (χ4n) is 3.17. The van der Waals surface area contributed by atoms with Crippen molar-refractivity contribution in [2.24, 2.45) is 17.6 Å². The topological polar surface area (TPSA) is 145 Å². The minimum absolute atomic E-state index is 0.0276. The van der Waals surface area contributed by atoms with Crippen LogP contribution in [0.25, 0.3) is 0 Å². The lowest BCUT2D eigenvalue weighted by atomic mass is 9.96. The van der Waals surface area contributed by atoms with E-state index in [1.807, 2.05) is 0 Å². The highest BCUT2D eigenvalue weighted by molar-refractivity contribution is 7.89. The summed E-state index contributed by atoms with van der Waals surface area (Å²) in [6, 6.07) is 4.56. The molecule has 1 heterocycles. The van der Waals surface area contributed by atoms with Gasteiger partial charge >= 0.3 is 5.97 Å². The van der Waals surface area contributed by atoms with Gasteiger partial charge in [0.15, 0.2) is 6.61 Å². The predicted octanol–water partition coefficient (Wildman–Crippen LogP) is 0.265. The average molecular weight is 456 g/mol. The minimum Gasteiger partial charge on any atom is -0.497 e. The maximum Gasteiger partial charge on any atom is 0.324 e. The van der Waals surface area contributed by atoms with Gasteiger partial charge in [-0.25, -0.2) is 8.42 Å². The number of amides is 2. The Labute approximate surface area is 182 Å². The summed E-state index contributed by atoms with van der Waals surface area (Å²) in [5.41, 5.74) is 5.28. The van der Waals surface area contributed by atoms with Crippen LogP contribution in [0.4, 0.5) is 0 Å². The van der Waals surface area contributed by atoms with Gasteiger partial charge in [0, 0.05) is 19.0 Å². The summed E-state index contributed by atoms with van der Waals surface area (Å²) in [5.74, 6) is -1.81. The fraction of sp³-hybridized carbons (Fsp3) is 0.550. The number of piperidine rings is 1. The van der Waals surface area contributed by atoms with Gasteiger partial charge in [-0.2, -0.15) is 4.72 Å². The highest BCUT2D eigenvalue weighted by Gasteiger charge is 2.31. The Kier molecular flexibility index (Phi) is 8.40. The van der Waals surface area contributed by atoms with Crippen molar-refractivity contribution in [1.82, 2.24) is 9.62 Å². The zero-order valence-electron chi connectivity index (χ0n) is 17.9. The molecule has 1 aromatic rings. The highest BCUT2D eigenvalue weighted by atomic mass is 32.2. The zero-order chi connectivity index (χ0) is 23.2. The number of primary amides is 1. The van der Waals surface area contributed by atoms with Crippen LogP contribution in [0.3, 0.4) is 0 Å². The largest absolute Gasteiger partial charge is 0.497 e. The van der Waals surface area contributed by atoms with Crippen LogP contribution in [-0.2, 0) is 29.1 Å². The number of nitrogens with two attached hydrogens (primary N) is 1. The van der Waals surface area contributed by atoms with Crippen LogP contribution >= 0.6 is 0 Å². The Hall–Kier alpha value is -2.66. The number of esters is 1. The predicted molar refractivity (Wildman–Crippen MR) is 111 cm³/mol. The van der Waals surface area contributed by atoms with Crippen LogP contribution in [0.2, 0.25) is 0 Å². The molecule has 0 aromatic heterocycles. The Morgan fingerprint density at radius 2 is 1.74 bits per heavy atom. The van der Waals surface area contributed by atoms with E-state index in [1.165, 1.54) is 36.3 Å². The third-order valence-electron chi connectivity index (χ3n) is 5.16. The number of hydrogen-bond donors (Lipinski definition) is 2. The molecular weight excluding hydrogens is 426 g/mol. The number of carbonyl (C=O) groups excluding carboxylic acids is 3. The summed E-state index contributed by atoms with van der Waals surface area (Å²) in [7, 11) is -2.53. The summed E-state index contributed by atoms with van der Waals surface area (Å²) in [6.45, 7) is 3.52. The van der Waals surface area contributed by atoms with Gasteiger partial charge in [0.2, 0.25) is 15.9 Å². The number of sulfonamides is 1. The summed E-state index contributed by atoms with van der Waals surface area (Å²) >= 11 is 0. The Morgan fingerprint density at radius 1 is 1.16 bits per heavy atom. The number of rotatable bonds is 9. The monoisotopic (exact) mass is 455 g/mol. The van der Waals surface area contributed by atoms with Crippen molar-refractivity contribution in [3.63, 3.8) is 0 Å². The maximum absolute atomic E-state index is 12.6. The number of nitrogens with one attached hydrogen (secondary N) is 1. The van der Waals surface area contributed by atoms with Gasteiger partial charge in [0.25, 0.3) is 5.91 Å². The smallest absolute Gasteiger partial charge is 0.324 e. The molecule has 0 radical (unpaired) electrons. The molecule has 11 heteroatoms. The Balaban J connectivity index is 1.95. The number of carbonyl (C=O) groups is 3. The van der Waals surface area contributed by atoms with E-state index < -0.39 is 40.5 Å². The molecule has 3 N–H and O–H groups in total. The van der Waals surface area contributed by atoms with Gasteiger partial charge < -0.3 is 20.1 Å². The molecule has 1 aliphatic heterocycles.